The molecular formula is C72H112F2N2S5. The number of aryl methyl sites for hydroxylation is 1. The predicted molar refractivity (Wildman–Crippen MR) is 363 cm³/mol. The van der Waals surface area contributed by atoms with Crippen molar-refractivity contribution in [2.24, 2.45) is 21.5 Å². The Hall–Kier alpha value is -1.91. The van der Waals surface area contributed by atoms with Gasteiger partial charge in [-0.2, -0.15) is 5.11 Å². The fourth-order valence-electron chi connectivity index (χ4n) is 12.9. The molecule has 81 heavy (non-hydrogen) atoms. The number of hydrogen-bond acceptors (Lipinski definition) is 7. The van der Waals surface area contributed by atoms with Crippen LogP contribution in [-0.4, -0.2) is 11.3 Å². The van der Waals surface area contributed by atoms with E-state index < -0.39 is 17.7 Å². The number of fused-ring (bicyclic) bond motifs is 1. The van der Waals surface area contributed by atoms with E-state index in [9.17, 15) is 0 Å². The van der Waals surface area contributed by atoms with E-state index in [2.05, 4.69) is 80.7 Å². The molecule has 2 aliphatic rings. The summed E-state index contributed by atoms with van der Waals surface area (Å²) in [6.07, 6.45) is 56.6. The first-order valence-electron chi connectivity index (χ1n) is 34.0. The van der Waals surface area contributed by atoms with Gasteiger partial charge in [0.2, 0.25) is 0 Å². The van der Waals surface area contributed by atoms with Gasteiger partial charge in [0.15, 0.2) is 11.7 Å². The molecule has 0 bridgehead atoms. The molecule has 9 heteroatoms. The van der Waals surface area contributed by atoms with Crippen LogP contribution in [0.2, 0.25) is 0 Å². The Kier molecular flexibility index (Phi) is 34.1. The van der Waals surface area contributed by atoms with Crippen LogP contribution in [0.3, 0.4) is 0 Å². The predicted octanol–water partition coefficient (Wildman–Crippen LogP) is 28.0. The minimum absolute atomic E-state index is 0.335. The summed E-state index contributed by atoms with van der Waals surface area (Å²) in [5.74, 6) is -0.141. The first-order valence-corrected chi connectivity index (χ1v) is 38.1. The van der Waals surface area contributed by atoms with Crippen LogP contribution in [0, 0.1) is 18.8 Å². The Morgan fingerprint density at radius 1 is 0.395 bits per heavy atom. The lowest BCUT2D eigenvalue weighted by Crippen LogP contribution is -2.25. The van der Waals surface area contributed by atoms with E-state index in [-0.39, 0.29) is 5.25 Å². The first-order chi connectivity index (χ1) is 39.8. The average Bonchev–Trinajstić information content (AvgIpc) is 4.47. The third kappa shape index (κ3) is 23.7. The zero-order chi connectivity index (χ0) is 57.3. The highest BCUT2D eigenvalue weighted by molar-refractivity contribution is 7.99. The maximum Gasteiger partial charge on any atom is 0.164 e. The topological polar surface area (TPSA) is 24.7 Å². The third-order valence-corrected chi connectivity index (χ3v) is 23.9. The molecule has 0 amide bonds. The Bertz CT molecular complexity index is 2400. The average molecular weight is 1200 g/mol. The maximum atomic E-state index is 16.4. The normalized spacial score (nSPS) is 16.2. The second-order valence-corrected chi connectivity index (χ2v) is 30.4. The summed E-state index contributed by atoms with van der Waals surface area (Å²) in [5, 5.41) is 4.08. The summed E-state index contributed by atoms with van der Waals surface area (Å²) >= 11 is 8.82. The molecular weight excluding hydrogens is 1090 g/mol. The second-order valence-electron chi connectivity index (χ2n) is 25.0. The molecule has 0 fully saturated rings. The lowest BCUT2D eigenvalue weighted by atomic mass is 9.87. The maximum absolute atomic E-state index is 16.4. The fraction of sp³-hybridized carbons (Fsp3) is 0.722. The van der Waals surface area contributed by atoms with Crippen LogP contribution in [0.25, 0.3) is 34.8 Å². The molecule has 4 unspecified atom stereocenters. The van der Waals surface area contributed by atoms with E-state index in [4.69, 9.17) is 0 Å². The van der Waals surface area contributed by atoms with E-state index in [1.807, 2.05) is 34.0 Å². The molecule has 4 aromatic heterocycles. The number of rotatable bonds is 48. The van der Waals surface area contributed by atoms with Crippen LogP contribution in [0.15, 0.2) is 63.3 Å². The minimum Gasteiger partial charge on any atom is -0.204 e. The summed E-state index contributed by atoms with van der Waals surface area (Å²) in [6.45, 7) is 13.2. The molecule has 2 nitrogen and oxygen atoms in total. The molecule has 454 valence electrons. The summed E-state index contributed by atoms with van der Waals surface area (Å²) in [5.41, 5.74) is 3.69. The molecule has 0 spiro atoms. The van der Waals surface area contributed by atoms with E-state index >= 15 is 8.78 Å². The van der Waals surface area contributed by atoms with Crippen molar-refractivity contribution in [2.45, 2.75) is 323 Å². The van der Waals surface area contributed by atoms with Crippen LogP contribution in [0.4, 0.5) is 8.78 Å². The standard InChI is InChI=1S/C72H112F2N2S5/c1-7-11-15-19-23-27-29-33-37-40-44-57(43-39-35-31-25-21-17-13-9-3)52-59-51-55(5)77-70(59)63-49-47-61(78-63)62-48-50-64(79-62)71-60(54-65(80-71)66-68(74)67(73)56(6)69-72(66)81-76-75-69)53-58(45-41-36-32-26-22-18-14-10-4)46-42-38-34-30-28-24-20-16-12-8-2/h47-51,54,57-58,69,72H,7-46,52-53H2,1-6H3. The zero-order valence-electron chi connectivity index (χ0n) is 52.2. The molecule has 5 heterocycles. The van der Waals surface area contributed by atoms with Gasteiger partial charge in [0.1, 0.15) is 6.04 Å². The number of thiophene rings is 4. The van der Waals surface area contributed by atoms with Crippen molar-refractivity contribution in [3.63, 3.8) is 0 Å². The Balaban J connectivity index is 1.19. The lowest BCUT2D eigenvalue weighted by molar-refractivity contribution is 0.400. The summed E-state index contributed by atoms with van der Waals surface area (Å²) < 4.78 is 36.5. The van der Waals surface area contributed by atoms with Gasteiger partial charge in [-0.1, -0.05) is 285 Å². The number of nitrogens with zero attached hydrogens (tertiary/aromatic N) is 2. The monoisotopic (exact) mass is 1200 g/mol. The SMILES string of the molecule is CCCCCCCCCCCCC(CCCCCCCCCC)Cc1cc(C)sc1-c1ccc(-c2ccc(-c3sc(C4=C(F)C(F)=C(C)C5N=NSC45)cc3CC(CCCCCCCCCC)CCCCCCCCCCCC)s2)s1. The van der Waals surface area contributed by atoms with Crippen molar-refractivity contribution >= 4 is 62.9 Å². The van der Waals surface area contributed by atoms with Crippen LogP contribution >= 0.6 is 57.3 Å². The Labute approximate surface area is 515 Å². The van der Waals surface area contributed by atoms with Gasteiger partial charge in [-0.15, -0.1) is 49.9 Å². The largest absolute Gasteiger partial charge is 0.204 e. The molecule has 4 atom stereocenters. The molecule has 0 radical (unpaired) electrons. The molecule has 0 saturated heterocycles. The van der Waals surface area contributed by atoms with Crippen LogP contribution < -0.4 is 0 Å². The molecule has 6 rings (SSSR count). The number of allylic oxidation sites excluding steroid dienone is 2. The zero-order valence-corrected chi connectivity index (χ0v) is 56.2. The van der Waals surface area contributed by atoms with Crippen LogP contribution in [0.5, 0.6) is 0 Å². The quantitative estimate of drug-likeness (QED) is 0.0320. The highest BCUT2D eigenvalue weighted by Gasteiger charge is 2.42. The van der Waals surface area contributed by atoms with E-state index in [0.717, 1.165) is 17.2 Å². The third-order valence-electron chi connectivity index (χ3n) is 17.9. The van der Waals surface area contributed by atoms with Crippen molar-refractivity contribution in [3.8, 4) is 29.3 Å². The summed E-state index contributed by atoms with van der Waals surface area (Å²) in [6, 6.07) is 13.8. The summed E-state index contributed by atoms with van der Waals surface area (Å²) in [7, 11) is 0. The molecule has 0 N–H and O–H groups in total. The van der Waals surface area contributed by atoms with Gasteiger partial charge in [-0.25, -0.2) is 8.78 Å². The Morgan fingerprint density at radius 2 is 0.741 bits per heavy atom. The molecule has 1 aliphatic carbocycles. The molecule has 4 aromatic rings. The molecule has 0 saturated carbocycles. The smallest absolute Gasteiger partial charge is 0.164 e. The number of unbranched alkanes of at least 4 members (excludes halogenated alkanes) is 32. The highest BCUT2D eigenvalue weighted by Crippen LogP contribution is 2.52. The van der Waals surface area contributed by atoms with Crippen LogP contribution in [-0.2, 0) is 12.8 Å². The summed E-state index contributed by atoms with van der Waals surface area (Å²) in [4.78, 5) is 10.3. The Morgan fingerprint density at radius 3 is 1.14 bits per heavy atom. The van der Waals surface area contributed by atoms with Gasteiger partial charge < -0.3 is 0 Å². The van der Waals surface area contributed by atoms with E-state index in [1.165, 1.54) is 315 Å². The van der Waals surface area contributed by atoms with Crippen molar-refractivity contribution in [2.75, 3.05) is 0 Å². The van der Waals surface area contributed by atoms with Crippen molar-refractivity contribution in [1.82, 2.24) is 0 Å². The number of hydrogen-bond donors (Lipinski definition) is 0. The lowest BCUT2D eigenvalue weighted by Gasteiger charge is -2.24. The fourth-order valence-corrected chi connectivity index (χ4v) is 18.6. The van der Waals surface area contributed by atoms with Gasteiger partial charge >= 0.3 is 0 Å². The number of halogens is 2. The van der Waals surface area contributed by atoms with Gasteiger partial charge in [0.05, 0.1) is 5.25 Å². The highest BCUT2D eigenvalue weighted by atomic mass is 32.2. The molecule has 1 aliphatic heterocycles. The van der Waals surface area contributed by atoms with Crippen molar-refractivity contribution in [1.29, 1.82) is 0 Å². The van der Waals surface area contributed by atoms with Gasteiger partial charge in [0.25, 0.3) is 0 Å². The van der Waals surface area contributed by atoms with Gasteiger partial charge in [-0.3, -0.25) is 0 Å². The molecule has 0 aromatic carbocycles. The van der Waals surface area contributed by atoms with E-state index in [0.29, 0.717) is 17.1 Å². The van der Waals surface area contributed by atoms with Crippen LogP contribution in [0.1, 0.15) is 312 Å². The van der Waals surface area contributed by atoms with Crippen molar-refractivity contribution in [3.05, 3.63) is 74.5 Å². The first kappa shape index (κ1) is 68.2. The van der Waals surface area contributed by atoms with Crippen molar-refractivity contribution < 1.29 is 8.78 Å². The van der Waals surface area contributed by atoms with E-state index in [1.54, 1.807) is 23.8 Å². The van der Waals surface area contributed by atoms with Gasteiger partial charge in [-0.05, 0) is 91.6 Å². The van der Waals surface area contributed by atoms with Gasteiger partial charge in [0, 0.05) is 56.5 Å². The minimum atomic E-state index is -0.748. The second kappa shape index (κ2) is 40.5.